The summed E-state index contributed by atoms with van der Waals surface area (Å²) in [4.78, 5) is 12.0. The van der Waals surface area contributed by atoms with Crippen LogP contribution in [0.25, 0.3) is 0 Å². The van der Waals surface area contributed by atoms with Gasteiger partial charge in [-0.2, -0.15) is 0 Å². The molecule has 0 saturated heterocycles. The lowest BCUT2D eigenvalue weighted by atomic mass is 9.93. The fourth-order valence-corrected chi connectivity index (χ4v) is 1.85. The highest BCUT2D eigenvalue weighted by molar-refractivity contribution is 5.85. The molecule has 0 heterocycles. The molecule has 18 heavy (non-hydrogen) atoms. The predicted octanol–water partition coefficient (Wildman–Crippen LogP) is 2.76. The van der Waals surface area contributed by atoms with E-state index in [-0.39, 0.29) is 11.7 Å². The third-order valence-corrected chi connectivity index (χ3v) is 2.99. The number of hydrogen-bond acceptors (Lipinski definition) is 3. The van der Waals surface area contributed by atoms with E-state index in [1.165, 1.54) is 0 Å². The normalized spacial score (nSPS) is 12.5. The van der Waals surface area contributed by atoms with Gasteiger partial charge in [-0.3, -0.25) is 4.79 Å². The van der Waals surface area contributed by atoms with Gasteiger partial charge in [-0.15, -0.1) is 0 Å². The van der Waals surface area contributed by atoms with Crippen LogP contribution < -0.4 is 10.1 Å². The van der Waals surface area contributed by atoms with Crippen molar-refractivity contribution in [2.75, 3.05) is 13.7 Å². The summed E-state index contributed by atoms with van der Waals surface area (Å²) < 4.78 is 5.13. The first kappa shape index (κ1) is 14.7. The number of ketones is 1. The van der Waals surface area contributed by atoms with E-state index < -0.39 is 0 Å². The quantitative estimate of drug-likeness (QED) is 0.807. The average molecular weight is 249 g/mol. The van der Waals surface area contributed by atoms with E-state index in [0.717, 1.165) is 11.3 Å². The Labute approximate surface area is 110 Å². The Hall–Kier alpha value is -1.35. The number of methoxy groups -OCH3 is 1. The van der Waals surface area contributed by atoms with E-state index in [9.17, 15) is 4.79 Å². The fourth-order valence-electron chi connectivity index (χ4n) is 1.85. The molecule has 3 heteroatoms. The molecule has 1 aromatic rings. The van der Waals surface area contributed by atoms with Crippen molar-refractivity contribution < 1.29 is 9.53 Å². The molecule has 0 fully saturated rings. The zero-order valence-electron chi connectivity index (χ0n) is 11.7. The summed E-state index contributed by atoms with van der Waals surface area (Å²) in [7, 11) is 1.64. The highest BCUT2D eigenvalue weighted by Crippen LogP contribution is 2.21. The Morgan fingerprint density at radius 3 is 2.33 bits per heavy atom. The van der Waals surface area contributed by atoms with Gasteiger partial charge in [-0.05, 0) is 17.7 Å². The molecular formula is C15H23NO2. The lowest BCUT2D eigenvalue weighted by molar-refractivity contribution is -0.120. The Morgan fingerprint density at radius 1 is 1.28 bits per heavy atom. The van der Waals surface area contributed by atoms with Gasteiger partial charge in [0.1, 0.15) is 11.5 Å². The molecule has 0 aromatic heterocycles. The van der Waals surface area contributed by atoms with Gasteiger partial charge in [0, 0.05) is 19.0 Å². The minimum absolute atomic E-state index is 0.0664. The maximum absolute atomic E-state index is 12.0. The van der Waals surface area contributed by atoms with Crippen LogP contribution in [-0.4, -0.2) is 25.5 Å². The zero-order valence-corrected chi connectivity index (χ0v) is 11.7. The predicted molar refractivity (Wildman–Crippen MR) is 74.2 cm³/mol. The summed E-state index contributed by atoms with van der Waals surface area (Å²) in [5.74, 6) is 1.02. The molecule has 0 aliphatic carbocycles. The third-order valence-electron chi connectivity index (χ3n) is 2.99. The molecule has 0 aliphatic rings. The summed E-state index contributed by atoms with van der Waals surface area (Å²) in [6.07, 6.45) is 0.566. The van der Waals surface area contributed by atoms with Crippen LogP contribution in [0, 0.1) is 0 Å². The van der Waals surface area contributed by atoms with E-state index in [1.807, 2.05) is 31.2 Å². The monoisotopic (exact) mass is 249 g/mol. The molecule has 1 aromatic carbocycles. The van der Waals surface area contributed by atoms with Crippen molar-refractivity contribution in [3.05, 3.63) is 29.8 Å². The second-order valence-corrected chi connectivity index (χ2v) is 4.71. The minimum Gasteiger partial charge on any atom is -0.497 e. The maximum atomic E-state index is 12.0. The van der Waals surface area contributed by atoms with Crippen molar-refractivity contribution in [2.24, 2.45) is 0 Å². The van der Waals surface area contributed by atoms with Crippen LogP contribution >= 0.6 is 0 Å². The average Bonchev–Trinajstić information content (AvgIpc) is 2.39. The lowest BCUT2D eigenvalue weighted by Crippen LogP contribution is -2.31. The summed E-state index contributed by atoms with van der Waals surface area (Å²) in [6.45, 7) is 6.77. The Morgan fingerprint density at radius 2 is 1.89 bits per heavy atom. The summed E-state index contributed by atoms with van der Waals surface area (Å²) in [6, 6.07) is 8.13. The van der Waals surface area contributed by atoms with E-state index >= 15 is 0 Å². The molecule has 0 amide bonds. The van der Waals surface area contributed by atoms with Crippen molar-refractivity contribution in [1.82, 2.24) is 5.32 Å². The molecule has 0 bridgehead atoms. The van der Waals surface area contributed by atoms with Crippen LogP contribution in [0.4, 0.5) is 0 Å². The van der Waals surface area contributed by atoms with E-state index in [2.05, 4.69) is 19.2 Å². The topological polar surface area (TPSA) is 38.3 Å². The number of carbonyl (C=O) groups excluding carboxylic acids is 1. The SMILES string of the molecule is CCC(=O)C(CNC(C)C)c1ccc(OC)cc1. The van der Waals surface area contributed by atoms with Crippen LogP contribution in [0.5, 0.6) is 5.75 Å². The van der Waals surface area contributed by atoms with E-state index in [1.54, 1.807) is 7.11 Å². The van der Waals surface area contributed by atoms with Gasteiger partial charge in [0.2, 0.25) is 0 Å². The summed E-state index contributed by atoms with van der Waals surface area (Å²) in [5, 5.41) is 3.34. The molecule has 1 atom stereocenters. The Kier molecular flexibility index (Phi) is 5.86. The number of carbonyl (C=O) groups is 1. The van der Waals surface area contributed by atoms with Crippen molar-refractivity contribution >= 4 is 5.78 Å². The zero-order chi connectivity index (χ0) is 13.5. The number of benzene rings is 1. The summed E-state index contributed by atoms with van der Waals surface area (Å²) in [5.41, 5.74) is 1.05. The van der Waals surface area contributed by atoms with Gasteiger partial charge in [0.05, 0.1) is 13.0 Å². The molecule has 1 N–H and O–H groups in total. The lowest BCUT2D eigenvalue weighted by Gasteiger charge is -2.18. The molecule has 1 rings (SSSR count). The van der Waals surface area contributed by atoms with Gasteiger partial charge in [0.15, 0.2) is 0 Å². The first-order chi connectivity index (χ1) is 8.58. The smallest absolute Gasteiger partial charge is 0.141 e. The number of ether oxygens (including phenoxy) is 1. The van der Waals surface area contributed by atoms with Crippen molar-refractivity contribution in [3.8, 4) is 5.75 Å². The Balaban J connectivity index is 2.83. The van der Waals surface area contributed by atoms with Crippen LogP contribution in [0.3, 0.4) is 0 Å². The number of nitrogens with one attached hydrogen (secondary N) is 1. The first-order valence-electron chi connectivity index (χ1n) is 6.48. The van der Waals surface area contributed by atoms with Crippen molar-refractivity contribution in [3.63, 3.8) is 0 Å². The second-order valence-electron chi connectivity index (χ2n) is 4.71. The first-order valence-corrected chi connectivity index (χ1v) is 6.48. The minimum atomic E-state index is -0.0664. The molecule has 0 saturated carbocycles. The molecule has 100 valence electrons. The number of Topliss-reactive ketones (excluding diaryl/α,β-unsaturated/α-hetero) is 1. The van der Waals surface area contributed by atoms with Crippen LogP contribution in [0.1, 0.15) is 38.7 Å². The van der Waals surface area contributed by atoms with Gasteiger partial charge in [0.25, 0.3) is 0 Å². The summed E-state index contributed by atoms with van der Waals surface area (Å²) >= 11 is 0. The largest absolute Gasteiger partial charge is 0.497 e. The molecule has 0 spiro atoms. The molecule has 0 aliphatic heterocycles. The molecule has 1 unspecified atom stereocenters. The highest BCUT2D eigenvalue weighted by atomic mass is 16.5. The Bertz CT molecular complexity index is 371. The third kappa shape index (κ3) is 4.15. The molecule has 3 nitrogen and oxygen atoms in total. The second kappa shape index (κ2) is 7.17. The van der Waals surface area contributed by atoms with E-state index in [0.29, 0.717) is 19.0 Å². The van der Waals surface area contributed by atoms with Gasteiger partial charge < -0.3 is 10.1 Å². The van der Waals surface area contributed by atoms with Crippen LogP contribution in [-0.2, 0) is 4.79 Å². The maximum Gasteiger partial charge on any atom is 0.141 e. The van der Waals surface area contributed by atoms with Gasteiger partial charge >= 0.3 is 0 Å². The highest BCUT2D eigenvalue weighted by Gasteiger charge is 2.18. The number of rotatable bonds is 7. The van der Waals surface area contributed by atoms with Crippen molar-refractivity contribution in [2.45, 2.75) is 39.2 Å². The van der Waals surface area contributed by atoms with E-state index in [4.69, 9.17) is 4.74 Å². The number of hydrogen-bond donors (Lipinski definition) is 1. The molecular weight excluding hydrogens is 226 g/mol. The standard InChI is InChI=1S/C15H23NO2/c1-5-15(17)14(10-16-11(2)3)12-6-8-13(18-4)9-7-12/h6-9,11,14,16H,5,10H2,1-4H3. The fraction of sp³-hybridized carbons (Fsp3) is 0.533. The van der Waals surface area contributed by atoms with Gasteiger partial charge in [-0.1, -0.05) is 32.9 Å². The van der Waals surface area contributed by atoms with Crippen LogP contribution in [0.2, 0.25) is 0 Å². The van der Waals surface area contributed by atoms with Gasteiger partial charge in [-0.25, -0.2) is 0 Å². The molecule has 0 radical (unpaired) electrons. The van der Waals surface area contributed by atoms with Crippen LogP contribution in [0.15, 0.2) is 24.3 Å². The van der Waals surface area contributed by atoms with Crippen molar-refractivity contribution in [1.29, 1.82) is 0 Å².